The third kappa shape index (κ3) is 5.98. The minimum absolute atomic E-state index is 0.136. The van der Waals surface area contributed by atoms with Gasteiger partial charge in [-0.05, 0) is 42.3 Å². The highest BCUT2D eigenvalue weighted by Crippen LogP contribution is 2.34. The summed E-state index contributed by atoms with van der Waals surface area (Å²) in [4.78, 5) is 27.9. The average molecular weight is 499 g/mol. The van der Waals surface area contributed by atoms with Gasteiger partial charge in [0.05, 0.1) is 26.5 Å². The van der Waals surface area contributed by atoms with Crippen molar-refractivity contribution in [3.8, 4) is 28.3 Å². The molecule has 8 nitrogen and oxygen atoms in total. The lowest BCUT2D eigenvalue weighted by atomic mass is 10.1. The third-order valence-electron chi connectivity index (χ3n) is 6.00. The summed E-state index contributed by atoms with van der Waals surface area (Å²) in [5, 5.41) is 7.34. The third-order valence-corrected chi connectivity index (χ3v) is 6.00. The van der Waals surface area contributed by atoms with E-state index in [1.54, 1.807) is 42.1 Å². The molecule has 4 rings (SSSR count). The van der Waals surface area contributed by atoms with Gasteiger partial charge in [-0.15, -0.1) is 0 Å². The van der Waals surface area contributed by atoms with Crippen molar-refractivity contribution < 1.29 is 19.1 Å². The number of likely N-dealkylation sites (N-methyl/N-ethyl adjacent to an activating group) is 1. The van der Waals surface area contributed by atoms with Crippen molar-refractivity contribution in [2.75, 3.05) is 27.3 Å². The van der Waals surface area contributed by atoms with Gasteiger partial charge >= 0.3 is 0 Å². The molecule has 0 saturated carbocycles. The lowest BCUT2D eigenvalue weighted by Crippen LogP contribution is -2.40. The lowest BCUT2D eigenvalue weighted by Gasteiger charge is -2.21. The van der Waals surface area contributed by atoms with Gasteiger partial charge in [-0.1, -0.05) is 54.6 Å². The summed E-state index contributed by atoms with van der Waals surface area (Å²) in [6.45, 7) is 2.79. The van der Waals surface area contributed by atoms with Crippen molar-refractivity contribution in [1.29, 1.82) is 0 Å². The second kappa shape index (κ2) is 11.9. The predicted molar refractivity (Wildman–Crippen MR) is 142 cm³/mol. The van der Waals surface area contributed by atoms with Crippen LogP contribution in [0.5, 0.6) is 11.5 Å². The summed E-state index contributed by atoms with van der Waals surface area (Å²) < 4.78 is 12.5. The van der Waals surface area contributed by atoms with Crippen LogP contribution in [0.4, 0.5) is 0 Å². The Morgan fingerprint density at radius 1 is 0.919 bits per heavy atom. The summed E-state index contributed by atoms with van der Waals surface area (Å²) in [6.07, 6.45) is 1.79. The lowest BCUT2D eigenvalue weighted by molar-refractivity contribution is -0.130. The topological polar surface area (TPSA) is 85.7 Å². The molecule has 0 fully saturated rings. The number of hydrogen-bond donors (Lipinski definition) is 1. The van der Waals surface area contributed by atoms with E-state index in [-0.39, 0.29) is 18.1 Å². The van der Waals surface area contributed by atoms with Gasteiger partial charge in [-0.3, -0.25) is 9.59 Å². The van der Waals surface area contributed by atoms with E-state index in [1.165, 1.54) is 0 Å². The van der Waals surface area contributed by atoms with E-state index in [0.29, 0.717) is 30.2 Å². The van der Waals surface area contributed by atoms with Gasteiger partial charge in [0.2, 0.25) is 5.91 Å². The fourth-order valence-electron chi connectivity index (χ4n) is 4.00. The molecule has 1 N–H and O–H groups in total. The van der Waals surface area contributed by atoms with Crippen LogP contribution in [0.2, 0.25) is 0 Å². The second-order valence-corrected chi connectivity index (χ2v) is 8.32. The van der Waals surface area contributed by atoms with Crippen LogP contribution in [0.15, 0.2) is 85.1 Å². The summed E-state index contributed by atoms with van der Waals surface area (Å²) in [6, 6.07) is 24.7. The number of hydrogen-bond acceptors (Lipinski definition) is 5. The number of carbonyl (C=O) groups excluding carboxylic acids is 2. The monoisotopic (exact) mass is 498 g/mol. The summed E-state index contributed by atoms with van der Waals surface area (Å²) >= 11 is 0. The number of rotatable bonds is 10. The van der Waals surface area contributed by atoms with Crippen LogP contribution < -0.4 is 14.8 Å². The first-order valence-corrected chi connectivity index (χ1v) is 12.0. The Bertz CT molecular complexity index is 1350. The van der Waals surface area contributed by atoms with E-state index in [1.807, 2.05) is 73.7 Å². The van der Waals surface area contributed by atoms with Gasteiger partial charge in [0, 0.05) is 24.8 Å². The Hall–Kier alpha value is -4.59. The number of aromatic nitrogens is 2. The standard InChI is InChI=1S/C29H30N4O4/c1-4-32(19-21-11-7-5-8-12-21)27(34)18-30-29(35)28-24(20-33(31-28)23-13-9-6-10-14-23)22-15-16-25(36-2)26(17-22)37-3/h5-17,20H,4,18-19H2,1-3H3,(H,30,35). The maximum absolute atomic E-state index is 13.3. The Morgan fingerprint density at radius 3 is 2.24 bits per heavy atom. The molecule has 8 heteroatoms. The quantitative estimate of drug-likeness (QED) is 0.352. The SMILES string of the molecule is CCN(Cc1ccccc1)C(=O)CNC(=O)c1nn(-c2ccccc2)cc1-c1ccc(OC)c(OC)c1. The van der Waals surface area contributed by atoms with Crippen molar-refractivity contribution >= 4 is 11.8 Å². The Balaban J connectivity index is 1.59. The van der Waals surface area contributed by atoms with E-state index in [0.717, 1.165) is 16.8 Å². The maximum atomic E-state index is 13.3. The highest BCUT2D eigenvalue weighted by atomic mass is 16.5. The molecule has 0 spiro atoms. The van der Waals surface area contributed by atoms with E-state index in [4.69, 9.17) is 9.47 Å². The predicted octanol–water partition coefficient (Wildman–Crippen LogP) is 4.34. The number of amides is 2. The van der Waals surface area contributed by atoms with Crippen molar-refractivity contribution in [3.05, 3.63) is 96.3 Å². The first-order valence-electron chi connectivity index (χ1n) is 12.0. The number of methoxy groups -OCH3 is 2. The molecule has 37 heavy (non-hydrogen) atoms. The first-order chi connectivity index (χ1) is 18.0. The van der Waals surface area contributed by atoms with E-state index >= 15 is 0 Å². The molecule has 2 amide bonds. The van der Waals surface area contributed by atoms with Crippen molar-refractivity contribution in [1.82, 2.24) is 20.0 Å². The Labute approximate surface area is 216 Å². The minimum atomic E-state index is -0.441. The summed E-state index contributed by atoms with van der Waals surface area (Å²) in [5.74, 6) is 0.503. The number of nitrogens with zero attached hydrogens (tertiary/aromatic N) is 3. The zero-order valence-electron chi connectivity index (χ0n) is 21.2. The fraction of sp³-hybridized carbons (Fsp3) is 0.207. The van der Waals surface area contributed by atoms with Crippen molar-refractivity contribution in [2.24, 2.45) is 0 Å². The molecule has 0 aliphatic carbocycles. The highest BCUT2D eigenvalue weighted by molar-refractivity contribution is 6.00. The van der Waals surface area contributed by atoms with Crippen LogP contribution in [0.3, 0.4) is 0 Å². The van der Waals surface area contributed by atoms with E-state index < -0.39 is 5.91 Å². The molecule has 0 aliphatic rings. The molecule has 0 unspecified atom stereocenters. The average Bonchev–Trinajstić information content (AvgIpc) is 3.41. The van der Waals surface area contributed by atoms with E-state index in [9.17, 15) is 9.59 Å². The van der Waals surface area contributed by atoms with Crippen LogP contribution in [-0.2, 0) is 11.3 Å². The van der Waals surface area contributed by atoms with Crippen LogP contribution in [0.25, 0.3) is 16.8 Å². The first kappa shape index (κ1) is 25.5. The molecule has 3 aromatic carbocycles. The van der Waals surface area contributed by atoms with Crippen LogP contribution in [0.1, 0.15) is 23.0 Å². The van der Waals surface area contributed by atoms with E-state index in [2.05, 4.69) is 10.4 Å². The molecule has 4 aromatic rings. The maximum Gasteiger partial charge on any atom is 0.272 e. The number of ether oxygens (including phenoxy) is 2. The normalized spacial score (nSPS) is 10.6. The van der Waals surface area contributed by atoms with Crippen molar-refractivity contribution in [2.45, 2.75) is 13.5 Å². The van der Waals surface area contributed by atoms with Gasteiger partial charge in [0.15, 0.2) is 17.2 Å². The molecule has 1 heterocycles. The number of benzene rings is 3. The summed E-state index contributed by atoms with van der Waals surface area (Å²) in [7, 11) is 3.13. The zero-order valence-corrected chi connectivity index (χ0v) is 21.2. The van der Waals surface area contributed by atoms with Gasteiger partial charge in [-0.2, -0.15) is 5.10 Å². The molecule has 0 aliphatic heterocycles. The number of carbonyl (C=O) groups is 2. The Morgan fingerprint density at radius 2 is 1.59 bits per heavy atom. The second-order valence-electron chi connectivity index (χ2n) is 8.32. The smallest absolute Gasteiger partial charge is 0.272 e. The summed E-state index contributed by atoms with van der Waals surface area (Å²) in [5.41, 5.74) is 3.37. The molecule has 0 radical (unpaired) electrons. The number of nitrogens with one attached hydrogen (secondary N) is 1. The molecular weight excluding hydrogens is 468 g/mol. The Kier molecular flexibility index (Phi) is 8.20. The van der Waals surface area contributed by atoms with Crippen LogP contribution in [0, 0.1) is 0 Å². The van der Waals surface area contributed by atoms with Gasteiger partial charge < -0.3 is 19.7 Å². The van der Waals surface area contributed by atoms with Gasteiger partial charge in [0.1, 0.15) is 0 Å². The molecule has 0 bridgehead atoms. The largest absolute Gasteiger partial charge is 0.493 e. The highest BCUT2D eigenvalue weighted by Gasteiger charge is 2.22. The van der Waals surface area contributed by atoms with Gasteiger partial charge in [-0.25, -0.2) is 4.68 Å². The van der Waals surface area contributed by atoms with Gasteiger partial charge in [0.25, 0.3) is 5.91 Å². The molecular formula is C29H30N4O4. The van der Waals surface area contributed by atoms with Crippen molar-refractivity contribution in [3.63, 3.8) is 0 Å². The molecule has 0 atom stereocenters. The van der Waals surface area contributed by atoms with Crippen LogP contribution in [-0.4, -0.2) is 53.8 Å². The molecule has 0 saturated heterocycles. The molecule has 1 aromatic heterocycles. The zero-order chi connectivity index (χ0) is 26.2. The van der Waals surface area contributed by atoms with Crippen LogP contribution >= 0.6 is 0 Å². The fourth-order valence-corrected chi connectivity index (χ4v) is 4.00. The minimum Gasteiger partial charge on any atom is -0.493 e. The molecule has 190 valence electrons. The number of para-hydroxylation sites is 1.